The molecule has 3 aromatic rings. The van der Waals surface area contributed by atoms with E-state index in [0.29, 0.717) is 41.8 Å². The summed E-state index contributed by atoms with van der Waals surface area (Å²) in [5.74, 6) is 1.39. The van der Waals surface area contributed by atoms with Gasteiger partial charge in [-0.05, 0) is 63.8 Å². The molecule has 0 aromatic carbocycles. The van der Waals surface area contributed by atoms with Crippen molar-refractivity contribution >= 4 is 28.4 Å². The molecule has 4 heterocycles. The topological polar surface area (TPSA) is 112 Å². The zero-order valence-electron chi connectivity index (χ0n) is 18.4. The molecule has 0 aliphatic carbocycles. The van der Waals surface area contributed by atoms with Crippen molar-refractivity contribution in [3.63, 3.8) is 0 Å². The Kier molecular flexibility index (Phi) is 5.05. The lowest BCUT2D eigenvalue weighted by Crippen LogP contribution is -2.36. The van der Waals surface area contributed by atoms with Crippen LogP contribution in [0.15, 0.2) is 30.6 Å². The van der Waals surface area contributed by atoms with Crippen LogP contribution in [0.4, 0.5) is 11.6 Å². The monoisotopic (exact) mass is 421 g/mol. The third-order valence-electron chi connectivity index (χ3n) is 5.12. The van der Waals surface area contributed by atoms with Crippen molar-refractivity contribution in [2.75, 3.05) is 11.9 Å². The molecule has 162 valence electrons. The summed E-state index contributed by atoms with van der Waals surface area (Å²) in [6.07, 6.45) is 4.02. The second-order valence-corrected chi connectivity index (χ2v) is 8.89. The Morgan fingerprint density at radius 3 is 2.68 bits per heavy atom. The molecule has 0 atom stereocenters. The number of rotatable bonds is 5. The molecule has 0 amide bonds. The Hall–Kier alpha value is -3.26. The normalized spacial score (nSPS) is 15.4. The highest BCUT2D eigenvalue weighted by molar-refractivity contribution is 5.93. The molecule has 3 aromatic heterocycles. The van der Waals surface area contributed by atoms with Crippen molar-refractivity contribution < 1.29 is 14.3 Å². The largest absolute Gasteiger partial charge is 0.477 e. The molecule has 8 nitrogen and oxygen atoms in total. The first kappa shape index (κ1) is 21.0. The molecule has 0 bridgehead atoms. The van der Waals surface area contributed by atoms with Crippen molar-refractivity contribution in [2.24, 2.45) is 5.73 Å². The van der Waals surface area contributed by atoms with E-state index in [4.69, 9.17) is 15.2 Å². The minimum absolute atomic E-state index is 0.347. The smallest absolute Gasteiger partial charge is 0.340 e. The Morgan fingerprint density at radius 2 is 1.97 bits per heavy atom. The van der Waals surface area contributed by atoms with Crippen LogP contribution in [0.2, 0.25) is 0 Å². The predicted molar refractivity (Wildman–Crippen MR) is 119 cm³/mol. The summed E-state index contributed by atoms with van der Waals surface area (Å²) in [5.41, 5.74) is 7.30. The van der Waals surface area contributed by atoms with E-state index >= 15 is 0 Å². The second kappa shape index (κ2) is 7.46. The number of hydrogen-bond acceptors (Lipinski definition) is 8. The summed E-state index contributed by atoms with van der Waals surface area (Å²) in [6, 6.07) is 5.40. The predicted octanol–water partition coefficient (Wildman–Crippen LogP) is 3.85. The van der Waals surface area contributed by atoms with E-state index in [1.54, 1.807) is 24.5 Å². The Balaban J connectivity index is 1.73. The molecule has 0 unspecified atom stereocenters. The van der Waals surface area contributed by atoms with Gasteiger partial charge in [0.2, 0.25) is 5.88 Å². The van der Waals surface area contributed by atoms with Gasteiger partial charge in [-0.2, -0.15) is 0 Å². The van der Waals surface area contributed by atoms with Crippen molar-refractivity contribution in [1.29, 1.82) is 0 Å². The molecule has 0 fully saturated rings. The average Bonchev–Trinajstić information content (AvgIpc) is 2.66. The van der Waals surface area contributed by atoms with Crippen LogP contribution in [-0.2, 0) is 16.7 Å². The van der Waals surface area contributed by atoms with Crippen LogP contribution in [-0.4, -0.2) is 33.1 Å². The summed E-state index contributed by atoms with van der Waals surface area (Å²) in [6.45, 7) is 10.0. The lowest BCUT2D eigenvalue weighted by molar-refractivity contribution is -0.00714. The maximum Gasteiger partial charge on any atom is 0.340 e. The Labute approximate surface area is 181 Å². The number of carbonyl (C=O) groups is 1. The molecule has 4 rings (SSSR count). The summed E-state index contributed by atoms with van der Waals surface area (Å²) in [4.78, 5) is 25.8. The lowest BCUT2D eigenvalue weighted by atomic mass is 9.93. The van der Waals surface area contributed by atoms with E-state index < -0.39 is 11.1 Å². The van der Waals surface area contributed by atoms with Crippen LogP contribution in [0.1, 0.15) is 56.2 Å². The quantitative estimate of drug-likeness (QED) is 0.598. The third kappa shape index (κ3) is 4.16. The average molecular weight is 422 g/mol. The van der Waals surface area contributed by atoms with Crippen LogP contribution in [0, 0.1) is 0 Å². The fourth-order valence-electron chi connectivity index (χ4n) is 3.71. The molecule has 1 aliphatic rings. The number of hydrogen-bond donors (Lipinski definition) is 2. The van der Waals surface area contributed by atoms with Gasteiger partial charge in [0.25, 0.3) is 0 Å². The van der Waals surface area contributed by atoms with Gasteiger partial charge in [-0.1, -0.05) is 0 Å². The number of anilines is 2. The maximum absolute atomic E-state index is 12.2. The molecule has 3 N–H and O–H groups in total. The number of fused-ring (bicyclic) bond motifs is 2. The van der Waals surface area contributed by atoms with Crippen LogP contribution >= 0.6 is 0 Å². The van der Waals surface area contributed by atoms with E-state index in [1.165, 1.54) is 0 Å². The molecule has 0 saturated heterocycles. The SMILES string of the molecule is CCOc1ncc(C(C)(C)N)c2cc(Nc3ccc4c(n3)CC(C)(C)OC4=O)ncc12. The van der Waals surface area contributed by atoms with E-state index in [-0.39, 0.29) is 5.97 Å². The van der Waals surface area contributed by atoms with Crippen molar-refractivity contribution in [3.8, 4) is 5.88 Å². The van der Waals surface area contributed by atoms with E-state index in [2.05, 4.69) is 20.3 Å². The molecule has 0 saturated carbocycles. The molecule has 1 aliphatic heterocycles. The minimum Gasteiger partial charge on any atom is -0.477 e. The number of nitrogens with two attached hydrogens (primary N) is 1. The van der Waals surface area contributed by atoms with Crippen LogP contribution in [0.5, 0.6) is 5.88 Å². The standard InChI is InChI=1S/C23H27N5O3/c1-6-30-20-15-11-25-19(9-14(15)16(12-26-20)23(4,5)24)28-18-8-7-13-17(27-18)10-22(2,3)31-21(13)29/h7-9,11-12H,6,10,24H2,1-5H3,(H,25,27,28). The number of pyridine rings is 3. The molecule has 0 radical (unpaired) electrons. The number of cyclic esters (lactones) is 1. The fourth-order valence-corrected chi connectivity index (χ4v) is 3.71. The van der Waals surface area contributed by atoms with E-state index in [9.17, 15) is 4.79 Å². The van der Waals surface area contributed by atoms with Crippen molar-refractivity contribution in [2.45, 2.75) is 52.2 Å². The molecular formula is C23H27N5O3. The Bertz CT molecular complexity index is 1170. The zero-order valence-corrected chi connectivity index (χ0v) is 18.4. The summed E-state index contributed by atoms with van der Waals surface area (Å²) in [5, 5.41) is 4.95. The van der Waals surface area contributed by atoms with E-state index in [1.807, 2.05) is 40.7 Å². The van der Waals surface area contributed by atoms with Gasteiger partial charge in [0.15, 0.2) is 0 Å². The first-order valence-corrected chi connectivity index (χ1v) is 10.3. The lowest BCUT2D eigenvalue weighted by Gasteiger charge is -2.30. The number of carbonyl (C=O) groups excluding carboxylic acids is 1. The highest BCUT2D eigenvalue weighted by atomic mass is 16.6. The number of aromatic nitrogens is 3. The summed E-state index contributed by atoms with van der Waals surface area (Å²) >= 11 is 0. The summed E-state index contributed by atoms with van der Waals surface area (Å²) in [7, 11) is 0. The number of nitrogens with one attached hydrogen (secondary N) is 1. The van der Waals surface area contributed by atoms with Crippen LogP contribution in [0.3, 0.4) is 0 Å². The first-order chi connectivity index (χ1) is 14.6. The fraction of sp³-hybridized carbons (Fsp3) is 0.391. The Morgan fingerprint density at radius 1 is 1.19 bits per heavy atom. The van der Waals surface area contributed by atoms with Gasteiger partial charge in [0, 0.05) is 24.4 Å². The maximum atomic E-state index is 12.2. The number of nitrogens with zero attached hydrogens (tertiary/aromatic N) is 3. The third-order valence-corrected chi connectivity index (χ3v) is 5.12. The molecule has 0 spiro atoms. The van der Waals surface area contributed by atoms with E-state index in [0.717, 1.165) is 16.3 Å². The van der Waals surface area contributed by atoms with Gasteiger partial charge in [0.05, 0.1) is 23.3 Å². The summed E-state index contributed by atoms with van der Waals surface area (Å²) < 4.78 is 11.1. The minimum atomic E-state index is -0.593. The van der Waals surface area contributed by atoms with Gasteiger partial charge in [-0.15, -0.1) is 0 Å². The molecule has 8 heteroatoms. The van der Waals surface area contributed by atoms with Gasteiger partial charge in [-0.25, -0.2) is 19.7 Å². The second-order valence-electron chi connectivity index (χ2n) is 8.89. The van der Waals surface area contributed by atoms with Gasteiger partial charge < -0.3 is 20.5 Å². The van der Waals surface area contributed by atoms with Gasteiger partial charge in [0.1, 0.15) is 17.2 Å². The molecule has 31 heavy (non-hydrogen) atoms. The van der Waals surface area contributed by atoms with Crippen LogP contribution in [0.25, 0.3) is 10.8 Å². The molecular weight excluding hydrogens is 394 g/mol. The van der Waals surface area contributed by atoms with Gasteiger partial charge >= 0.3 is 5.97 Å². The highest BCUT2D eigenvalue weighted by Crippen LogP contribution is 2.33. The van der Waals surface area contributed by atoms with Crippen molar-refractivity contribution in [3.05, 3.63) is 47.4 Å². The highest BCUT2D eigenvalue weighted by Gasteiger charge is 2.33. The van der Waals surface area contributed by atoms with Crippen LogP contribution < -0.4 is 15.8 Å². The number of esters is 1. The zero-order chi connectivity index (χ0) is 22.4. The van der Waals surface area contributed by atoms with Gasteiger partial charge in [-0.3, -0.25) is 0 Å². The number of ether oxygens (including phenoxy) is 2. The van der Waals surface area contributed by atoms with Crippen molar-refractivity contribution in [1.82, 2.24) is 15.0 Å². The first-order valence-electron chi connectivity index (χ1n) is 10.3.